The van der Waals surface area contributed by atoms with Crippen LogP contribution < -0.4 is 0 Å². The molecular formula is C42H28N4. The molecule has 46 heavy (non-hydrogen) atoms. The average molecular weight is 589 g/mol. The largest absolute Gasteiger partial charge is 0.237 e. The van der Waals surface area contributed by atoms with Gasteiger partial charge in [-0.1, -0.05) is 121 Å². The first-order chi connectivity index (χ1) is 22.8. The average Bonchev–Trinajstić information content (AvgIpc) is 3.15. The normalized spacial score (nSPS) is 11.0. The van der Waals surface area contributed by atoms with Gasteiger partial charge in [0, 0.05) is 34.6 Å². The van der Waals surface area contributed by atoms with Gasteiger partial charge in [-0.3, -0.25) is 0 Å². The van der Waals surface area contributed by atoms with Gasteiger partial charge in [0.25, 0.3) is 0 Å². The van der Waals surface area contributed by atoms with Crippen LogP contribution in [0.4, 0.5) is 0 Å². The van der Waals surface area contributed by atoms with E-state index in [4.69, 9.17) is 9.97 Å². The van der Waals surface area contributed by atoms with E-state index in [-0.39, 0.29) is 0 Å². The molecule has 0 aliphatic heterocycles. The SMILES string of the molecule is c1ccc(-c2cc(-c3ccccc3)nc(-c3cc(-c4cccc(-c5ncccn5)c4)cc(-c4cccc5ccccc45)c3)n2)cc1. The highest BCUT2D eigenvalue weighted by Crippen LogP contribution is 2.37. The van der Waals surface area contributed by atoms with Crippen LogP contribution in [-0.2, 0) is 0 Å². The van der Waals surface area contributed by atoms with Crippen molar-refractivity contribution in [3.8, 4) is 67.5 Å². The van der Waals surface area contributed by atoms with Gasteiger partial charge in [-0.15, -0.1) is 0 Å². The second-order valence-corrected chi connectivity index (χ2v) is 11.2. The Hall–Kier alpha value is -6.26. The molecule has 2 heterocycles. The van der Waals surface area contributed by atoms with Crippen LogP contribution in [0, 0.1) is 0 Å². The Kier molecular flexibility index (Phi) is 7.14. The Balaban J connectivity index is 1.37. The Labute approximate surface area is 267 Å². The minimum absolute atomic E-state index is 0.672. The lowest BCUT2D eigenvalue weighted by atomic mass is 9.92. The van der Waals surface area contributed by atoms with Crippen LogP contribution in [0.2, 0.25) is 0 Å². The predicted molar refractivity (Wildman–Crippen MR) is 188 cm³/mol. The van der Waals surface area contributed by atoms with Gasteiger partial charge in [0.15, 0.2) is 11.6 Å². The third-order valence-electron chi connectivity index (χ3n) is 8.18. The lowest BCUT2D eigenvalue weighted by Crippen LogP contribution is -1.97. The van der Waals surface area contributed by atoms with Crippen molar-refractivity contribution in [2.75, 3.05) is 0 Å². The minimum atomic E-state index is 0.672. The number of aromatic nitrogens is 4. The Morgan fingerprint density at radius 3 is 1.61 bits per heavy atom. The van der Waals surface area contributed by atoms with Gasteiger partial charge in [0.2, 0.25) is 0 Å². The van der Waals surface area contributed by atoms with Crippen molar-refractivity contribution < 1.29 is 0 Å². The molecule has 8 rings (SSSR count). The number of hydrogen-bond donors (Lipinski definition) is 0. The number of fused-ring (bicyclic) bond motifs is 1. The van der Waals surface area contributed by atoms with Crippen molar-refractivity contribution in [2.24, 2.45) is 0 Å². The predicted octanol–water partition coefficient (Wildman–Crippen LogP) is 10.4. The molecule has 0 N–H and O–H groups in total. The van der Waals surface area contributed by atoms with Gasteiger partial charge < -0.3 is 0 Å². The van der Waals surface area contributed by atoms with E-state index in [0.717, 1.165) is 55.9 Å². The summed E-state index contributed by atoms with van der Waals surface area (Å²) in [5.74, 6) is 1.37. The molecule has 0 spiro atoms. The second kappa shape index (κ2) is 12.0. The van der Waals surface area contributed by atoms with Crippen molar-refractivity contribution in [1.29, 1.82) is 0 Å². The van der Waals surface area contributed by atoms with Crippen LogP contribution in [-0.4, -0.2) is 19.9 Å². The third kappa shape index (κ3) is 5.44. The Bertz CT molecular complexity index is 2240. The fourth-order valence-electron chi connectivity index (χ4n) is 5.93. The number of benzene rings is 6. The van der Waals surface area contributed by atoms with E-state index in [0.29, 0.717) is 11.6 Å². The summed E-state index contributed by atoms with van der Waals surface area (Å²) in [7, 11) is 0. The highest BCUT2D eigenvalue weighted by atomic mass is 14.9. The smallest absolute Gasteiger partial charge is 0.160 e. The zero-order chi connectivity index (χ0) is 30.7. The van der Waals surface area contributed by atoms with E-state index >= 15 is 0 Å². The van der Waals surface area contributed by atoms with E-state index in [2.05, 4.69) is 119 Å². The van der Waals surface area contributed by atoms with Gasteiger partial charge >= 0.3 is 0 Å². The van der Waals surface area contributed by atoms with Crippen LogP contribution in [0.1, 0.15) is 0 Å². The molecule has 2 aromatic heterocycles. The van der Waals surface area contributed by atoms with E-state index in [1.54, 1.807) is 12.4 Å². The van der Waals surface area contributed by atoms with Crippen LogP contribution in [0.3, 0.4) is 0 Å². The number of rotatable bonds is 6. The number of hydrogen-bond acceptors (Lipinski definition) is 4. The molecule has 0 bridgehead atoms. The van der Waals surface area contributed by atoms with Crippen molar-refractivity contribution in [3.05, 3.63) is 170 Å². The molecule has 0 atom stereocenters. The summed E-state index contributed by atoms with van der Waals surface area (Å²) in [6, 6.07) is 54.6. The van der Waals surface area contributed by atoms with Crippen molar-refractivity contribution in [1.82, 2.24) is 19.9 Å². The molecule has 216 valence electrons. The summed E-state index contributed by atoms with van der Waals surface area (Å²) in [5, 5.41) is 2.40. The van der Waals surface area contributed by atoms with E-state index in [1.807, 2.05) is 48.5 Å². The molecule has 4 heteroatoms. The first-order valence-electron chi connectivity index (χ1n) is 15.3. The summed E-state index contributed by atoms with van der Waals surface area (Å²) in [6.07, 6.45) is 3.55. The first-order valence-corrected chi connectivity index (χ1v) is 15.3. The maximum atomic E-state index is 5.17. The molecule has 6 aromatic carbocycles. The quantitative estimate of drug-likeness (QED) is 0.194. The highest BCUT2D eigenvalue weighted by Gasteiger charge is 2.15. The Morgan fingerprint density at radius 1 is 0.326 bits per heavy atom. The van der Waals surface area contributed by atoms with Gasteiger partial charge in [-0.05, 0) is 69.4 Å². The van der Waals surface area contributed by atoms with Gasteiger partial charge in [0.1, 0.15) is 0 Å². The van der Waals surface area contributed by atoms with Gasteiger partial charge in [-0.2, -0.15) is 0 Å². The summed E-state index contributed by atoms with van der Waals surface area (Å²) in [6.45, 7) is 0. The monoisotopic (exact) mass is 588 g/mol. The summed E-state index contributed by atoms with van der Waals surface area (Å²) < 4.78 is 0. The fourth-order valence-corrected chi connectivity index (χ4v) is 5.93. The molecule has 0 saturated carbocycles. The van der Waals surface area contributed by atoms with Gasteiger partial charge in [-0.25, -0.2) is 19.9 Å². The molecule has 0 fully saturated rings. The molecule has 4 nitrogen and oxygen atoms in total. The van der Waals surface area contributed by atoms with Crippen molar-refractivity contribution in [2.45, 2.75) is 0 Å². The van der Waals surface area contributed by atoms with Crippen LogP contribution >= 0.6 is 0 Å². The molecule has 0 unspecified atom stereocenters. The van der Waals surface area contributed by atoms with E-state index in [9.17, 15) is 0 Å². The molecule has 0 aliphatic carbocycles. The molecule has 0 saturated heterocycles. The summed E-state index contributed by atoms with van der Waals surface area (Å²) in [4.78, 5) is 19.3. The van der Waals surface area contributed by atoms with Crippen molar-refractivity contribution >= 4 is 10.8 Å². The van der Waals surface area contributed by atoms with Gasteiger partial charge in [0.05, 0.1) is 11.4 Å². The number of nitrogens with zero attached hydrogens (tertiary/aromatic N) is 4. The van der Waals surface area contributed by atoms with E-state index < -0.39 is 0 Å². The maximum absolute atomic E-state index is 5.17. The van der Waals surface area contributed by atoms with Crippen LogP contribution in [0.5, 0.6) is 0 Å². The standard InChI is InChI=1S/C42H28N4/c1-3-13-30(14-4-1)39-28-40(31-15-5-2-6-16-31)46-42(45-39)36-26-34(32-18-9-19-33(24-32)41-43-22-11-23-44-41)25-35(27-36)38-21-10-17-29-12-7-8-20-37(29)38/h1-28H. The molecule has 0 amide bonds. The minimum Gasteiger partial charge on any atom is -0.237 e. The molecule has 0 aliphatic rings. The Morgan fingerprint density at radius 2 is 0.870 bits per heavy atom. The zero-order valence-corrected chi connectivity index (χ0v) is 25.0. The lowest BCUT2D eigenvalue weighted by molar-refractivity contribution is 1.18. The van der Waals surface area contributed by atoms with Crippen molar-refractivity contribution in [3.63, 3.8) is 0 Å². The topological polar surface area (TPSA) is 51.6 Å². The summed E-state index contributed by atoms with van der Waals surface area (Å²) >= 11 is 0. The molecule has 0 radical (unpaired) electrons. The molecule has 8 aromatic rings. The third-order valence-corrected chi connectivity index (χ3v) is 8.18. The second-order valence-electron chi connectivity index (χ2n) is 11.2. The summed E-state index contributed by atoms with van der Waals surface area (Å²) in [5.41, 5.74) is 10.1. The molecular weight excluding hydrogens is 560 g/mol. The highest BCUT2D eigenvalue weighted by molar-refractivity contribution is 5.98. The maximum Gasteiger partial charge on any atom is 0.160 e. The van der Waals surface area contributed by atoms with E-state index in [1.165, 1.54) is 10.8 Å². The lowest BCUT2D eigenvalue weighted by Gasteiger charge is -2.14. The van der Waals surface area contributed by atoms with Crippen LogP contribution in [0.25, 0.3) is 78.3 Å². The fraction of sp³-hybridized carbons (Fsp3) is 0. The zero-order valence-electron chi connectivity index (χ0n) is 25.0. The first kappa shape index (κ1) is 27.3. The van der Waals surface area contributed by atoms with Crippen LogP contribution in [0.15, 0.2) is 170 Å².